The lowest BCUT2D eigenvalue weighted by molar-refractivity contribution is -0.121. The molecule has 0 aliphatic rings. The molecule has 0 fully saturated rings. The van der Waals surface area contributed by atoms with Crippen molar-refractivity contribution < 1.29 is 9.59 Å². The maximum Gasteiger partial charge on any atom is 0.269 e. The Bertz CT molecular complexity index is 630. The second-order valence-electron chi connectivity index (χ2n) is 4.07. The van der Waals surface area contributed by atoms with Gasteiger partial charge in [-0.25, -0.2) is 5.10 Å². The number of thioether (sulfide) groups is 1. The third-order valence-electron chi connectivity index (χ3n) is 2.47. The van der Waals surface area contributed by atoms with Gasteiger partial charge in [-0.1, -0.05) is 30.0 Å². The molecule has 0 saturated heterocycles. The van der Waals surface area contributed by atoms with Crippen LogP contribution in [-0.2, 0) is 4.79 Å². The number of anilines is 1. The zero-order valence-electron chi connectivity index (χ0n) is 11.2. The van der Waals surface area contributed by atoms with Gasteiger partial charge in [-0.05, 0) is 19.1 Å². The third-order valence-corrected chi connectivity index (χ3v) is 3.43. The van der Waals surface area contributed by atoms with Gasteiger partial charge in [0, 0.05) is 5.56 Å². The van der Waals surface area contributed by atoms with Gasteiger partial charge in [0.1, 0.15) is 0 Å². The summed E-state index contributed by atoms with van der Waals surface area (Å²) >= 11 is 1.12. The normalized spacial score (nSPS) is 11.7. The van der Waals surface area contributed by atoms with Crippen molar-refractivity contribution in [2.75, 3.05) is 5.73 Å². The molecular formula is C12H14N6O2S. The standard InChI is InChI=1S/C12H14N6O2S/c1-7(21-12-14-11(13)17-18-12)9(19)15-16-10(20)8-5-3-2-4-6-8/h2-7H,1H3,(H,15,19)(H,16,20)(H3,13,14,17,18)/t7-/m0/s1. The van der Waals surface area contributed by atoms with Gasteiger partial charge < -0.3 is 5.73 Å². The number of aromatic amines is 1. The fourth-order valence-corrected chi connectivity index (χ4v) is 2.14. The molecule has 5 N–H and O–H groups in total. The molecule has 2 aromatic rings. The molecule has 0 aliphatic carbocycles. The van der Waals surface area contributed by atoms with E-state index in [0.717, 1.165) is 11.8 Å². The predicted octanol–water partition coefficient (Wildman–Crippen LogP) is 0.329. The minimum Gasteiger partial charge on any atom is -0.368 e. The first kappa shape index (κ1) is 14.9. The number of carbonyl (C=O) groups is 2. The Morgan fingerprint density at radius 2 is 2.00 bits per heavy atom. The van der Waals surface area contributed by atoms with Gasteiger partial charge >= 0.3 is 0 Å². The summed E-state index contributed by atoms with van der Waals surface area (Å²) < 4.78 is 0. The molecule has 0 spiro atoms. The highest BCUT2D eigenvalue weighted by molar-refractivity contribution is 8.00. The van der Waals surface area contributed by atoms with Crippen LogP contribution in [0.4, 0.5) is 5.95 Å². The Labute approximate surface area is 124 Å². The van der Waals surface area contributed by atoms with Crippen molar-refractivity contribution in [2.24, 2.45) is 0 Å². The second kappa shape index (κ2) is 6.75. The van der Waals surface area contributed by atoms with Gasteiger partial charge in [0.2, 0.25) is 11.1 Å². The van der Waals surface area contributed by atoms with Crippen LogP contribution in [0.5, 0.6) is 0 Å². The number of hydrogen-bond donors (Lipinski definition) is 4. The lowest BCUT2D eigenvalue weighted by atomic mass is 10.2. The highest BCUT2D eigenvalue weighted by atomic mass is 32.2. The number of H-pyrrole nitrogens is 1. The lowest BCUT2D eigenvalue weighted by Crippen LogP contribution is -2.44. The van der Waals surface area contributed by atoms with Crippen LogP contribution in [0.3, 0.4) is 0 Å². The average Bonchev–Trinajstić information content (AvgIpc) is 2.90. The highest BCUT2D eigenvalue weighted by Gasteiger charge is 2.17. The predicted molar refractivity (Wildman–Crippen MR) is 78.2 cm³/mol. The molecule has 1 atom stereocenters. The van der Waals surface area contributed by atoms with E-state index in [-0.39, 0.29) is 17.8 Å². The Morgan fingerprint density at radius 3 is 2.62 bits per heavy atom. The SMILES string of the molecule is C[C@H](Sc1n[nH]c(N)n1)C(=O)NNC(=O)c1ccccc1. The van der Waals surface area contributed by atoms with Gasteiger partial charge in [0.15, 0.2) is 0 Å². The molecule has 0 radical (unpaired) electrons. The number of rotatable bonds is 4. The quantitative estimate of drug-likeness (QED) is 0.476. The summed E-state index contributed by atoms with van der Waals surface area (Å²) in [5.41, 5.74) is 10.5. The summed E-state index contributed by atoms with van der Waals surface area (Å²) in [7, 11) is 0. The van der Waals surface area contributed by atoms with E-state index in [1.807, 2.05) is 0 Å². The fourth-order valence-electron chi connectivity index (χ4n) is 1.40. The summed E-state index contributed by atoms with van der Waals surface area (Å²) in [5.74, 6) is -0.571. The maximum absolute atomic E-state index is 11.8. The van der Waals surface area contributed by atoms with Crippen molar-refractivity contribution >= 4 is 29.5 Å². The van der Waals surface area contributed by atoms with E-state index in [9.17, 15) is 9.59 Å². The minimum atomic E-state index is -0.490. The highest BCUT2D eigenvalue weighted by Crippen LogP contribution is 2.19. The van der Waals surface area contributed by atoms with Crippen molar-refractivity contribution in [1.29, 1.82) is 0 Å². The molecule has 1 heterocycles. The number of benzene rings is 1. The summed E-state index contributed by atoms with van der Waals surface area (Å²) in [5, 5.41) is 6.17. The van der Waals surface area contributed by atoms with Crippen LogP contribution in [0.25, 0.3) is 0 Å². The molecular weight excluding hydrogens is 292 g/mol. The number of nitrogens with one attached hydrogen (secondary N) is 3. The van der Waals surface area contributed by atoms with Crippen molar-refractivity contribution in [2.45, 2.75) is 17.3 Å². The zero-order chi connectivity index (χ0) is 15.2. The van der Waals surface area contributed by atoms with Crippen LogP contribution < -0.4 is 16.6 Å². The monoisotopic (exact) mass is 306 g/mol. The van der Waals surface area contributed by atoms with Gasteiger partial charge in [-0.15, -0.1) is 5.10 Å². The Kier molecular flexibility index (Phi) is 4.77. The third kappa shape index (κ3) is 4.21. The summed E-state index contributed by atoms with van der Waals surface area (Å²) in [6.07, 6.45) is 0. The first-order valence-corrected chi connectivity index (χ1v) is 6.94. The molecule has 21 heavy (non-hydrogen) atoms. The summed E-state index contributed by atoms with van der Waals surface area (Å²) in [6.45, 7) is 1.67. The smallest absolute Gasteiger partial charge is 0.269 e. The first-order chi connectivity index (χ1) is 10.1. The van der Waals surface area contributed by atoms with Crippen molar-refractivity contribution in [1.82, 2.24) is 26.0 Å². The summed E-state index contributed by atoms with van der Waals surface area (Å²) in [6, 6.07) is 8.58. The van der Waals surface area contributed by atoms with Gasteiger partial charge in [0.05, 0.1) is 5.25 Å². The van der Waals surface area contributed by atoms with Crippen LogP contribution in [0.1, 0.15) is 17.3 Å². The van der Waals surface area contributed by atoms with Crippen molar-refractivity contribution in [3.05, 3.63) is 35.9 Å². The van der Waals surface area contributed by atoms with E-state index in [1.54, 1.807) is 37.3 Å². The van der Waals surface area contributed by atoms with Crippen LogP contribution >= 0.6 is 11.8 Å². The van der Waals surface area contributed by atoms with Gasteiger partial charge in [-0.3, -0.25) is 20.4 Å². The zero-order valence-corrected chi connectivity index (χ0v) is 12.0. The Morgan fingerprint density at radius 1 is 1.29 bits per heavy atom. The number of hydrogen-bond acceptors (Lipinski definition) is 6. The van der Waals surface area contributed by atoms with Crippen molar-refractivity contribution in [3.63, 3.8) is 0 Å². The van der Waals surface area contributed by atoms with Crippen LogP contribution in [0.15, 0.2) is 35.5 Å². The first-order valence-electron chi connectivity index (χ1n) is 6.06. The molecule has 110 valence electrons. The Hall–Kier alpha value is -2.55. The second-order valence-corrected chi connectivity index (χ2v) is 5.38. The number of aromatic nitrogens is 3. The molecule has 0 saturated carbocycles. The number of carbonyl (C=O) groups excluding carboxylic acids is 2. The number of nitrogens with zero attached hydrogens (tertiary/aromatic N) is 2. The van der Waals surface area contributed by atoms with E-state index in [4.69, 9.17) is 5.73 Å². The molecule has 1 aromatic heterocycles. The Balaban J connectivity index is 1.82. The maximum atomic E-state index is 11.8. The van der Waals surface area contributed by atoms with E-state index in [0.29, 0.717) is 10.7 Å². The molecule has 0 unspecified atom stereocenters. The van der Waals surface area contributed by atoms with E-state index < -0.39 is 5.25 Å². The van der Waals surface area contributed by atoms with E-state index >= 15 is 0 Å². The molecule has 8 nitrogen and oxygen atoms in total. The lowest BCUT2D eigenvalue weighted by Gasteiger charge is -2.11. The number of hydrazine groups is 1. The molecule has 0 aliphatic heterocycles. The molecule has 2 amide bonds. The van der Waals surface area contributed by atoms with Gasteiger partial charge in [0.25, 0.3) is 11.8 Å². The average molecular weight is 306 g/mol. The van der Waals surface area contributed by atoms with Crippen LogP contribution in [-0.4, -0.2) is 32.2 Å². The largest absolute Gasteiger partial charge is 0.368 e. The minimum absolute atomic E-state index is 0.183. The fraction of sp³-hybridized carbons (Fsp3) is 0.167. The summed E-state index contributed by atoms with van der Waals surface area (Å²) in [4.78, 5) is 27.5. The van der Waals surface area contributed by atoms with Crippen molar-refractivity contribution in [3.8, 4) is 0 Å². The molecule has 2 rings (SSSR count). The number of amides is 2. The van der Waals surface area contributed by atoms with E-state index in [1.165, 1.54) is 0 Å². The van der Waals surface area contributed by atoms with Crippen LogP contribution in [0.2, 0.25) is 0 Å². The number of nitrogen functional groups attached to an aromatic ring is 1. The van der Waals surface area contributed by atoms with Crippen LogP contribution in [0, 0.1) is 0 Å². The molecule has 1 aromatic carbocycles. The molecule has 9 heteroatoms. The number of nitrogens with two attached hydrogens (primary N) is 1. The van der Waals surface area contributed by atoms with E-state index in [2.05, 4.69) is 26.0 Å². The molecule has 0 bridgehead atoms. The topological polar surface area (TPSA) is 126 Å². The van der Waals surface area contributed by atoms with Gasteiger partial charge in [-0.2, -0.15) is 4.98 Å².